The zero-order chi connectivity index (χ0) is 19.1. The smallest absolute Gasteiger partial charge is 0.254 e. The molecule has 138 valence electrons. The molecular weight excluding hydrogens is 416 g/mol. The van der Waals surface area contributed by atoms with Crippen molar-refractivity contribution in [3.63, 3.8) is 0 Å². The van der Waals surface area contributed by atoms with Crippen molar-refractivity contribution in [1.29, 1.82) is 0 Å². The van der Waals surface area contributed by atoms with E-state index in [1.807, 2.05) is 42.6 Å². The van der Waals surface area contributed by atoms with Gasteiger partial charge in [-0.05, 0) is 53.0 Å². The molecule has 1 aliphatic heterocycles. The summed E-state index contributed by atoms with van der Waals surface area (Å²) in [6.07, 6.45) is 5.41. The average Bonchev–Trinajstić information content (AvgIpc) is 2.95. The Balaban J connectivity index is 1.59. The highest BCUT2D eigenvalue weighted by Crippen LogP contribution is 2.35. The number of carbonyl (C=O) groups is 1. The summed E-state index contributed by atoms with van der Waals surface area (Å²) in [5.41, 5.74) is 6.33. The highest BCUT2D eigenvalue weighted by Gasteiger charge is 2.24. The Kier molecular flexibility index (Phi) is 4.20. The first-order valence-electron chi connectivity index (χ1n) is 9.21. The number of nitrogens with one attached hydrogen (secondary N) is 2. The number of amides is 1. The summed E-state index contributed by atoms with van der Waals surface area (Å²) in [7, 11) is 0. The second kappa shape index (κ2) is 6.87. The lowest BCUT2D eigenvalue weighted by Gasteiger charge is -2.06. The molecule has 0 radical (unpaired) electrons. The standard InChI is InChI=1S/C22H17BrN4O/c23-20-19-17(6-3-8-25-22(19)28)27-21(20)14-7-9-24-18(11-14)15-10-13-4-1-2-5-16(13)26-12-15/h1-2,4-5,7,9-12,27H,3,6,8H2,(H,25,28). The number of aromatic amines is 1. The lowest BCUT2D eigenvalue weighted by Crippen LogP contribution is -2.22. The first-order chi connectivity index (χ1) is 13.7. The number of aromatic nitrogens is 3. The lowest BCUT2D eigenvalue weighted by atomic mass is 10.1. The molecule has 0 fully saturated rings. The molecule has 0 aliphatic carbocycles. The molecule has 5 rings (SSSR count). The van der Waals surface area contributed by atoms with Crippen LogP contribution in [0.2, 0.25) is 0 Å². The third-order valence-electron chi connectivity index (χ3n) is 5.07. The molecule has 1 amide bonds. The monoisotopic (exact) mass is 432 g/mol. The first kappa shape index (κ1) is 17.1. The number of aryl methyl sites for hydroxylation is 1. The molecule has 0 atom stereocenters. The van der Waals surface area contributed by atoms with Crippen molar-refractivity contribution in [3.05, 3.63) is 70.6 Å². The summed E-state index contributed by atoms with van der Waals surface area (Å²) >= 11 is 3.64. The molecule has 3 aromatic heterocycles. The maximum absolute atomic E-state index is 12.4. The molecule has 5 nitrogen and oxygen atoms in total. The molecular formula is C22H17BrN4O. The van der Waals surface area contributed by atoms with Crippen molar-refractivity contribution in [2.45, 2.75) is 12.8 Å². The Labute approximate surface area is 170 Å². The summed E-state index contributed by atoms with van der Waals surface area (Å²) in [6, 6.07) is 14.1. The second-order valence-corrected chi connectivity index (χ2v) is 7.67. The van der Waals surface area contributed by atoms with Crippen LogP contribution < -0.4 is 5.32 Å². The minimum Gasteiger partial charge on any atom is -0.357 e. The van der Waals surface area contributed by atoms with Crippen LogP contribution in [0.1, 0.15) is 22.5 Å². The van der Waals surface area contributed by atoms with Gasteiger partial charge >= 0.3 is 0 Å². The second-order valence-electron chi connectivity index (χ2n) is 6.87. The summed E-state index contributed by atoms with van der Waals surface area (Å²) in [4.78, 5) is 24.9. The van der Waals surface area contributed by atoms with Crippen molar-refractivity contribution in [2.24, 2.45) is 0 Å². The van der Waals surface area contributed by atoms with Crippen LogP contribution >= 0.6 is 15.9 Å². The molecule has 1 aliphatic rings. The van der Waals surface area contributed by atoms with Gasteiger partial charge in [0.25, 0.3) is 5.91 Å². The topological polar surface area (TPSA) is 70.7 Å². The molecule has 0 saturated carbocycles. The Morgan fingerprint density at radius 3 is 2.86 bits per heavy atom. The number of para-hydroxylation sites is 1. The maximum atomic E-state index is 12.4. The normalized spacial score (nSPS) is 13.8. The van der Waals surface area contributed by atoms with Crippen molar-refractivity contribution in [3.8, 4) is 22.5 Å². The van der Waals surface area contributed by atoms with Gasteiger partial charge < -0.3 is 10.3 Å². The Hall–Kier alpha value is -2.99. The summed E-state index contributed by atoms with van der Waals surface area (Å²) < 4.78 is 0.802. The summed E-state index contributed by atoms with van der Waals surface area (Å²) in [6.45, 7) is 0.706. The number of H-pyrrole nitrogens is 1. The number of carbonyl (C=O) groups excluding carboxylic acids is 1. The predicted octanol–water partition coefficient (Wildman–Crippen LogP) is 4.73. The molecule has 2 N–H and O–H groups in total. The van der Waals surface area contributed by atoms with Gasteiger partial charge in [-0.2, -0.15) is 0 Å². The number of rotatable bonds is 2. The zero-order valence-corrected chi connectivity index (χ0v) is 16.6. The Morgan fingerprint density at radius 1 is 1.04 bits per heavy atom. The van der Waals surface area contributed by atoms with E-state index in [2.05, 4.69) is 42.3 Å². The Bertz CT molecular complexity index is 1210. The van der Waals surface area contributed by atoms with Gasteiger partial charge in [0.2, 0.25) is 0 Å². The van der Waals surface area contributed by atoms with Gasteiger partial charge in [0.15, 0.2) is 0 Å². The number of hydrogen-bond donors (Lipinski definition) is 2. The lowest BCUT2D eigenvalue weighted by molar-refractivity contribution is 0.0955. The first-order valence-corrected chi connectivity index (χ1v) is 10.00. The van der Waals surface area contributed by atoms with Gasteiger partial charge in [0.1, 0.15) is 0 Å². The number of pyridine rings is 2. The molecule has 0 saturated heterocycles. The summed E-state index contributed by atoms with van der Waals surface area (Å²) in [5.74, 6) is -0.0325. The van der Waals surface area contributed by atoms with Crippen LogP contribution in [-0.2, 0) is 6.42 Å². The van der Waals surface area contributed by atoms with E-state index in [1.165, 1.54) is 0 Å². The molecule has 6 heteroatoms. The van der Waals surface area contributed by atoms with Crippen LogP contribution in [0.25, 0.3) is 33.4 Å². The minimum absolute atomic E-state index is 0.0325. The van der Waals surface area contributed by atoms with E-state index < -0.39 is 0 Å². The van der Waals surface area contributed by atoms with Gasteiger partial charge in [0, 0.05) is 41.1 Å². The van der Waals surface area contributed by atoms with Gasteiger partial charge in [0.05, 0.1) is 26.9 Å². The van der Waals surface area contributed by atoms with Crippen LogP contribution in [0.5, 0.6) is 0 Å². The number of fused-ring (bicyclic) bond motifs is 2. The van der Waals surface area contributed by atoms with Crippen LogP contribution in [0.3, 0.4) is 0 Å². The fraction of sp³-hybridized carbons (Fsp3) is 0.136. The van der Waals surface area contributed by atoms with Crippen molar-refractivity contribution in [1.82, 2.24) is 20.3 Å². The summed E-state index contributed by atoms with van der Waals surface area (Å²) in [5, 5.41) is 4.03. The van der Waals surface area contributed by atoms with Gasteiger partial charge in [-0.3, -0.25) is 14.8 Å². The van der Waals surface area contributed by atoms with E-state index in [4.69, 9.17) is 0 Å². The van der Waals surface area contributed by atoms with E-state index in [9.17, 15) is 4.79 Å². The number of nitrogens with zero attached hydrogens (tertiary/aromatic N) is 2. The number of hydrogen-bond acceptors (Lipinski definition) is 3. The van der Waals surface area contributed by atoms with E-state index in [1.54, 1.807) is 6.20 Å². The molecule has 28 heavy (non-hydrogen) atoms. The minimum atomic E-state index is -0.0325. The largest absolute Gasteiger partial charge is 0.357 e. The SMILES string of the molecule is O=C1NCCCc2[nH]c(-c3ccnc(-c4cnc5ccccc5c4)c3)c(Br)c21. The third kappa shape index (κ3) is 2.90. The Morgan fingerprint density at radius 2 is 1.93 bits per heavy atom. The maximum Gasteiger partial charge on any atom is 0.254 e. The number of benzene rings is 1. The average molecular weight is 433 g/mol. The zero-order valence-electron chi connectivity index (χ0n) is 15.0. The molecule has 4 heterocycles. The third-order valence-corrected chi connectivity index (χ3v) is 5.86. The van der Waals surface area contributed by atoms with Crippen LogP contribution in [0, 0.1) is 0 Å². The highest BCUT2D eigenvalue weighted by molar-refractivity contribution is 9.10. The van der Waals surface area contributed by atoms with Crippen LogP contribution in [0.15, 0.2) is 59.3 Å². The van der Waals surface area contributed by atoms with Crippen molar-refractivity contribution in [2.75, 3.05) is 6.54 Å². The van der Waals surface area contributed by atoms with Crippen LogP contribution in [0.4, 0.5) is 0 Å². The van der Waals surface area contributed by atoms with E-state index in [0.717, 1.165) is 56.4 Å². The molecule has 4 aromatic rings. The molecule has 0 bridgehead atoms. The van der Waals surface area contributed by atoms with E-state index >= 15 is 0 Å². The van der Waals surface area contributed by atoms with Crippen molar-refractivity contribution < 1.29 is 4.79 Å². The molecule has 0 unspecified atom stereocenters. The fourth-order valence-electron chi connectivity index (χ4n) is 3.66. The highest BCUT2D eigenvalue weighted by atomic mass is 79.9. The fourth-order valence-corrected chi connectivity index (χ4v) is 4.41. The van der Waals surface area contributed by atoms with Gasteiger partial charge in [-0.15, -0.1) is 0 Å². The molecule has 1 aromatic carbocycles. The van der Waals surface area contributed by atoms with E-state index in [0.29, 0.717) is 12.1 Å². The van der Waals surface area contributed by atoms with Gasteiger partial charge in [-0.25, -0.2) is 0 Å². The van der Waals surface area contributed by atoms with E-state index in [-0.39, 0.29) is 5.91 Å². The molecule has 0 spiro atoms. The van der Waals surface area contributed by atoms with Crippen LogP contribution in [-0.4, -0.2) is 27.4 Å². The number of halogens is 1. The van der Waals surface area contributed by atoms with Gasteiger partial charge in [-0.1, -0.05) is 18.2 Å². The quantitative estimate of drug-likeness (QED) is 0.480. The van der Waals surface area contributed by atoms with Crippen molar-refractivity contribution >= 4 is 32.7 Å². The predicted molar refractivity (Wildman–Crippen MR) is 113 cm³/mol.